The number of amides is 1. The Morgan fingerprint density at radius 2 is 1.84 bits per heavy atom. The second kappa shape index (κ2) is 11.3. The van der Waals surface area contributed by atoms with Crippen molar-refractivity contribution >= 4 is 46.4 Å². The fourth-order valence-electron chi connectivity index (χ4n) is 5.25. The molecule has 2 aliphatic rings. The van der Waals surface area contributed by atoms with Gasteiger partial charge < -0.3 is 14.7 Å². The number of amidine groups is 1. The number of nitrogens with one attached hydrogen (secondary N) is 2. The van der Waals surface area contributed by atoms with Gasteiger partial charge in [0.25, 0.3) is 17.3 Å². The van der Waals surface area contributed by atoms with E-state index < -0.39 is 35.6 Å². The first-order valence-electron chi connectivity index (χ1n) is 13.1. The second-order valence-electron chi connectivity index (χ2n) is 10.1. The highest BCUT2D eigenvalue weighted by molar-refractivity contribution is 6.42. The molecule has 10 nitrogen and oxygen atoms in total. The van der Waals surface area contributed by atoms with E-state index in [2.05, 4.69) is 15.2 Å². The monoisotopic (exact) mass is 651 g/mol. The number of nitrogens with zero attached hydrogens (tertiary/aromatic N) is 4. The lowest BCUT2D eigenvalue weighted by Crippen LogP contribution is -2.56. The highest BCUT2D eigenvalue weighted by Crippen LogP contribution is 2.28. The van der Waals surface area contributed by atoms with Crippen molar-refractivity contribution in [2.45, 2.75) is 18.8 Å². The molecule has 0 spiro atoms. The molecule has 0 aliphatic carbocycles. The molecule has 1 fully saturated rings. The van der Waals surface area contributed by atoms with Crippen LogP contribution in [0, 0.1) is 5.82 Å². The molecule has 16 heteroatoms. The Balaban J connectivity index is 1.28. The number of hydrogen-bond acceptors (Lipinski definition) is 6. The standard InChI is InChI=1S/C28H20Cl2F4N6O4/c29-19-12-21-25(41)35-13-17(39(21)23(19)30)10-15-6-7-20(31)18(11-15)26(42)37-8-9-38-22(14-37)40(44-27(43)28(32,33)34)36-24(38)16-4-2-1-3-5-16/h1-7,11-13,22H,8-10,14H2,(H,35,41)/p+1. The largest absolute Gasteiger partial charge is 0.492 e. The minimum atomic E-state index is -5.26. The van der Waals surface area contributed by atoms with E-state index in [-0.39, 0.29) is 47.3 Å². The number of rotatable bonds is 5. The van der Waals surface area contributed by atoms with Gasteiger partial charge in [0.1, 0.15) is 23.0 Å². The Labute approximate surface area is 255 Å². The maximum absolute atomic E-state index is 15.0. The summed E-state index contributed by atoms with van der Waals surface area (Å²) in [4.78, 5) is 46.1. The van der Waals surface area contributed by atoms with Crippen molar-refractivity contribution in [2.75, 3.05) is 19.6 Å². The van der Waals surface area contributed by atoms with Crippen molar-refractivity contribution in [3.8, 4) is 0 Å². The van der Waals surface area contributed by atoms with E-state index in [0.29, 0.717) is 27.8 Å². The first-order chi connectivity index (χ1) is 20.9. The van der Waals surface area contributed by atoms with Gasteiger partial charge in [-0.2, -0.15) is 18.6 Å². The maximum Gasteiger partial charge on any atom is 0.492 e. The summed E-state index contributed by atoms with van der Waals surface area (Å²) in [6, 6.07) is 14.0. The van der Waals surface area contributed by atoms with E-state index in [1.165, 1.54) is 33.7 Å². The molecule has 0 radical (unpaired) electrons. The number of carbonyl (C=O) groups is 2. The lowest BCUT2D eigenvalue weighted by molar-refractivity contribution is -0.602. The van der Waals surface area contributed by atoms with E-state index in [4.69, 9.17) is 23.2 Å². The predicted molar refractivity (Wildman–Crippen MR) is 150 cm³/mol. The average molecular weight is 652 g/mol. The molecule has 1 atom stereocenters. The summed E-state index contributed by atoms with van der Waals surface area (Å²) >= 11 is 12.4. The molecular weight excluding hydrogens is 631 g/mol. The van der Waals surface area contributed by atoms with Gasteiger partial charge in [-0.1, -0.05) is 47.5 Å². The lowest BCUT2D eigenvalue weighted by Gasteiger charge is -2.32. The molecule has 1 unspecified atom stereocenters. The molecule has 2 N–H and O–H groups in total. The van der Waals surface area contributed by atoms with Crippen LogP contribution in [0.15, 0.2) is 65.6 Å². The number of fused-ring (bicyclic) bond motifs is 2. The molecule has 1 saturated heterocycles. The molecule has 0 bridgehead atoms. The second-order valence-corrected chi connectivity index (χ2v) is 10.8. The summed E-state index contributed by atoms with van der Waals surface area (Å²) in [5.41, 5.74) is 3.85. The molecule has 6 rings (SSSR count). The van der Waals surface area contributed by atoms with Crippen molar-refractivity contribution in [2.24, 2.45) is 0 Å². The number of hydrogen-bond donors (Lipinski definition) is 2. The number of carbonyl (C=O) groups excluding carboxylic acids is 2. The van der Waals surface area contributed by atoms with Crippen molar-refractivity contribution in [1.82, 2.24) is 24.9 Å². The van der Waals surface area contributed by atoms with Gasteiger partial charge in [0, 0.05) is 18.3 Å². The molecule has 2 aliphatic heterocycles. The Morgan fingerprint density at radius 3 is 2.57 bits per heavy atom. The average Bonchev–Trinajstić information content (AvgIpc) is 3.51. The Morgan fingerprint density at radius 1 is 1.09 bits per heavy atom. The van der Waals surface area contributed by atoms with Crippen LogP contribution in [0.1, 0.15) is 27.2 Å². The van der Waals surface area contributed by atoms with Crippen LogP contribution < -0.4 is 11.0 Å². The van der Waals surface area contributed by atoms with Crippen molar-refractivity contribution in [3.05, 3.63) is 110 Å². The highest BCUT2D eigenvalue weighted by Gasteiger charge is 2.51. The first-order valence-corrected chi connectivity index (χ1v) is 13.9. The zero-order chi connectivity index (χ0) is 31.3. The van der Waals surface area contributed by atoms with Gasteiger partial charge >= 0.3 is 12.1 Å². The number of benzene rings is 2. The van der Waals surface area contributed by atoms with Gasteiger partial charge in [-0.15, -0.1) is 0 Å². The van der Waals surface area contributed by atoms with Gasteiger partial charge in [0.05, 0.1) is 34.4 Å². The van der Waals surface area contributed by atoms with Crippen LogP contribution in [-0.4, -0.2) is 73.7 Å². The number of alkyl halides is 3. The zero-order valence-electron chi connectivity index (χ0n) is 22.4. The number of hydroxylamine groups is 1. The number of hydrazine groups is 1. The van der Waals surface area contributed by atoms with Gasteiger partial charge in [0.15, 0.2) is 0 Å². The quantitative estimate of drug-likeness (QED) is 0.252. The number of aromatic amines is 1. The van der Waals surface area contributed by atoms with Crippen molar-refractivity contribution in [1.29, 1.82) is 0 Å². The number of aromatic nitrogens is 2. The van der Waals surface area contributed by atoms with Crippen LogP contribution in [0.25, 0.3) is 5.52 Å². The summed E-state index contributed by atoms with van der Waals surface area (Å²) in [5.74, 6) is -3.59. The summed E-state index contributed by atoms with van der Waals surface area (Å²) in [7, 11) is 0. The minimum Gasteiger partial charge on any atom is -0.329 e. The fraction of sp³-hybridized carbons (Fsp3) is 0.214. The Bertz CT molecular complexity index is 1890. The van der Waals surface area contributed by atoms with Gasteiger partial charge in [-0.25, -0.2) is 13.8 Å². The van der Waals surface area contributed by atoms with Gasteiger partial charge in [-0.3, -0.25) is 14.0 Å². The Kier molecular flexibility index (Phi) is 7.59. The van der Waals surface area contributed by atoms with Crippen LogP contribution in [0.2, 0.25) is 10.2 Å². The van der Waals surface area contributed by atoms with E-state index >= 15 is 4.39 Å². The Hall–Kier alpha value is -4.40. The van der Waals surface area contributed by atoms with Crippen molar-refractivity contribution in [3.63, 3.8) is 0 Å². The molecule has 2 aromatic carbocycles. The maximum atomic E-state index is 15.0. The molecule has 1 amide bonds. The lowest BCUT2D eigenvalue weighted by atomic mass is 10.0. The first kappa shape index (κ1) is 29.7. The van der Waals surface area contributed by atoms with Crippen LogP contribution in [0.3, 0.4) is 0 Å². The van der Waals surface area contributed by atoms with Crippen molar-refractivity contribution < 1.29 is 36.6 Å². The third kappa shape index (κ3) is 5.40. The summed E-state index contributed by atoms with van der Waals surface area (Å²) in [6.07, 6.45) is -4.74. The normalized spacial score (nSPS) is 17.1. The van der Waals surface area contributed by atoms with Crippen LogP contribution in [0.4, 0.5) is 17.6 Å². The van der Waals surface area contributed by atoms with E-state index in [0.717, 1.165) is 6.07 Å². The summed E-state index contributed by atoms with van der Waals surface area (Å²) < 4.78 is 57.3. The molecule has 0 saturated carbocycles. The number of halogens is 6. The van der Waals surface area contributed by atoms with Crippen LogP contribution in [-0.2, 0) is 16.1 Å². The summed E-state index contributed by atoms with van der Waals surface area (Å²) in [5, 5.41) is 0.937. The molecule has 4 aromatic rings. The van der Waals surface area contributed by atoms with E-state index in [1.807, 2.05) is 0 Å². The van der Waals surface area contributed by atoms with Crippen LogP contribution in [0.5, 0.6) is 0 Å². The minimum absolute atomic E-state index is 0.0933. The van der Waals surface area contributed by atoms with Gasteiger partial charge in [-0.05, 0) is 35.9 Å². The SMILES string of the molecule is O=C(c1cc(Cc2c[nH]c(=O)c3cc(Cl)c(Cl)n23)ccc1F)N1CC[N+]2=C(c3ccccc3)NN(OC(=O)C(F)(F)F)C2C1. The number of H-pyrrole nitrogens is 1. The topological polar surface area (TPSA) is 102 Å². The highest BCUT2D eigenvalue weighted by atomic mass is 35.5. The smallest absolute Gasteiger partial charge is 0.329 e. The van der Waals surface area contributed by atoms with E-state index in [1.54, 1.807) is 34.9 Å². The number of piperazine rings is 1. The van der Waals surface area contributed by atoms with E-state index in [9.17, 15) is 27.6 Å². The molecule has 4 heterocycles. The molecule has 228 valence electrons. The fourth-order valence-corrected chi connectivity index (χ4v) is 5.69. The molecule has 2 aromatic heterocycles. The predicted octanol–water partition coefficient (Wildman–Crippen LogP) is 3.75. The third-order valence-corrected chi connectivity index (χ3v) is 8.07. The third-order valence-electron chi connectivity index (χ3n) is 7.31. The molecule has 44 heavy (non-hydrogen) atoms. The zero-order valence-corrected chi connectivity index (χ0v) is 23.9. The summed E-state index contributed by atoms with van der Waals surface area (Å²) in [6.45, 7) is 0.00232. The molecular formula is C28H21Cl2F4N6O4+. The van der Waals surface area contributed by atoms with Crippen LogP contribution >= 0.6 is 23.2 Å². The van der Waals surface area contributed by atoms with Gasteiger partial charge in [0.2, 0.25) is 6.17 Å².